The van der Waals surface area contributed by atoms with Crippen LogP contribution in [0.4, 0.5) is 5.69 Å². The number of benzene rings is 2. The molecule has 5 nitrogen and oxygen atoms in total. The molecule has 152 valence electrons. The van der Waals surface area contributed by atoms with Crippen molar-refractivity contribution in [3.8, 4) is 11.3 Å². The van der Waals surface area contributed by atoms with Gasteiger partial charge < -0.3 is 19.6 Å². The van der Waals surface area contributed by atoms with Crippen molar-refractivity contribution in [3.63, 3.8) is 0 Å². The zero-order valence-corrected chi connectivity index (χ0v) is 17.2. The molecule has 1 amide bonds. The van der Waals surface area contributed by atoms with Crippen molar-refractivity contribution in [2.75, 3.05) is 18.4 Å². The number of furan rings is 1. The number of rotatable bonds is 4. The number of nitrogens with one attached hydrogen (secondary N) is 2. The lowest BCUT2D eigenvalue weighted by Gasteiger charge is -2.32. The topological polar surface area (TPSA) is 61.3 Å². The monoisotopic (exact) mass is 419 g/mol. The molecule has 2 aromatic heterocycles. The number of hydrogen-bond acceptors (Lipinski definition) is 3. The van der Waals surface area contributed by atoms with Crippen molar-refractivity contribution >= 4 is 34.1 Å². The number of H-pyrrole nitrogens is 1. The van der Waals surface area contributed by atoms with Crippen LogP contribution >= 0.6 is 11.6 Å². The summed E-state index contributed by atoms with van der Waals surface area (Å²) < 4.78 is 5.04. The fourth-order valence-corrected chi connectivity index (χ4v) is 4.34. The highest BCUT2D eigenvalue weighted by Crippen LogP contribution is 2.33. The first-order chi connectivity index (χ1) is 14.7. The Bertz CT molecular complexity index is 1160. The van der Waals surface area contributed by atoms with Crippen molar-refractivity contribution in [1.82, 2.24) is 9.88 Å². The van der Waals surface area contributed by atoms with Crippen molar-refractivity contribution < 1.29 is 9.21 Å². The van der Waals surface area contributed by atoms with Crippen LogP contribution in [0.3, 0.4) is 0 Å². The number of aromatic nitrogens is 1. The molecule has 0 bridgehead atoms. The van der Waals surface area contributed by atoms with Crippen LogP contribution in [0.5, 0.6) is 0 Å². The maximum absolute atomic E-state index is 12.5. The predicted molar refractivity (Wildman–Crippen MR) is 120 cm³/mol. The second-order valence-electron chi connectivity index (χ2n) is 7.69. The van der Waals surface area contributed by atoms with Gasteiger partial charge in [0.25, 0.3) is 5.91 Å². The van der Waals surface area contributed by atoms with Gasteiger partial charge in [0.05, 0.1) is 23.0 Å². The molecule has 1 aliphatic heterocycles. The van der Waals surface area contributed by atoms with Gasteiger partial charge in [0, 0.05) is 35.2 Å². The molecule has 1 fully saturated rings. The van der Waals surface area contributed by atoms with E-state index in [0.29, 0.717) is 23.7 Å². The normalized spacial score (nSPS) is 14.9. The minimum Gasteiger partial charge on any atom is -0.472 e. The number of piperidine rings is 1. The quantitative estimate of drug-likeness (QED) is 0.439. The molecule has 0 aliphatic carbocycles. The average molecular weight is 420 g/mol. The van der Waals surface area contributed by atoms with Crippen LogP contribution in [0, 0.1) is 0 Å². The summed E-state index contributed by atoms with van der Waals surface area (Å²) in [6.07, 6.45) is 4.80. The summed E-state index contributed by atoms with van der Waals surface area (Å²) >= 11 is 6.40. The van der Waals surface area contributed by atoms with Gasteiger partial charge in [-0.05, 0) is 42.7 Å². The maximum Gasteiger partial charge on any atom is 0.257 e. The van der Waals surface area contributed by atoms with Crippen LogP contribution < -0.4 is 5.32 Å². The molecule has 1 saturated heterocycles. The average Bonchev–Trinajstić information content (AvgIpc) is 3.45. The molecule has 2 N–H and O–H groups in total. The van der Waals surface area contributed by atoms with Gasteiger partial charge in [0.2, 0.25) is 0 Å². The van der Waals surface area contributed by atoms with E-state index in [1.807, 2.05) is 35.2 Å². The highest BCUT2D eigenvalue weighted by molar-refractivity contribution is 6.32. The van der Waals surface area contributed by atoms with E-state index in [4.69, 9.17) is 16.0 Å². The summed E-state index contributed by atoms with van der Waals surface area (Å²) in [7, 11) is 0. The second-order valence-corrected chi connectivity index (χ2v) is 8.13. The Morgan fingerprint density at radius 2 is 1.90 bits per heavy atom. The molecule has 0 unspecified atom stereocenters. The van der Waals surface area contributed by atoms with Gasteiger partial charge in [-0.25, -0.2) is 0 Å². The van der Waals surface area contributed by atoms with E-state index in [1.165, 1.54) is 12.5 Å². The van der Waals surface area contributed by atoms with Crippen molar-refractivity contribution in [1.29, 1.82) is 0 Å². The molecule has 0 radical (unpaired) electrons. The van der Waals surface area contributed by atoms with E-state index in [9.17, 15) is 4.79 Å². The molecule has 6 heteroatoms. The fourth-order valence-electron chi connectivity index (χ4n) is 4.11. The molecule has 5 rings (SSSR count). The molecule has 0 atom stereocenters. The highest BCUT2D eigenvalue weighted by atomic mass is 35.5. The van der Waals surface area contributed by atoms with Gasteiger partial charge in [0.1, 0.15) is 6.26 Å². The second kappa shape index (κ2) is 7.92. The zero-order valence-electron chi connectivity index (χ0n) is 16.4. The number of nitrogens with zero attached hydrogens (tertiary/aromatic N) is 1. The number of hydrogen-bond donors (Lipinski definition) is 2. The lowest BCUT2D eigenvalue weighted by Crippen LogP contribution is -2.42. The molecule has 0 spiro atoms. The van der Waals surface area contributed by atoms with E-state index >= 15 is 0 Å². The molecule has 3 heterocycles. The highest BCUT2D eigenvalue weighted by Gasteiger charge is 2.24. The zero-order chi connectivity index (χ0) is 20.5. The molecule has 2 aromatic carbocycles. The lowest BCUT2D eigenvalue weighted by molar-refractivity contribution is 0.0718. The minimum atomic E-state index is 0.0317. The SMILES string of the molecule is O=C(c1ccoc1)N1CCC(Nc2cc(Cl)cc3cc(-c4ccccc4)[nH]c23)CC1. The van der Waals surface area contributed by atoms with Gasteiger partial charge in [0.15, 0.2) is 0 Å². The Kier molecular flexibility index (Phi) is 4.97. The summed E-state index contributed by atoms with van der Waals surface area (Å²) in [4.78, 5) is 17.9. The van der Waals surface area contributed by atoms with Gasteiger partial charge >= 0.3 is 0 Å². The van der Waals surface area contributed by atoms with E-state index in [2.05, 4.69) is 28.5 Å². The third-order valence-electron chi connectivity index (χ3n) is 5.69. The smallest absolute Gasteiger partial charge is 0.257 e. The van der Waals surface area contributed by atoms with Gasteiger partial charge in [-0.3, -0.25) is 4.79 Å². The Morgan fingerprint density at radius 1 is 1.10 bits per heavy atom. The molecular weight excluding hydrogens is 398 g/mol. The van der Waals surface area contributed by atoms with Crippen molar-refractivity contribution in [3.05, 3.63) is 77.7 Å². The van der Waals surface area contributed by atoms with Crippen LogP contribution in [-0.2, 0) is 0 Å². The molecule has 30 heavy (non-hydrogen) atoms. The van der Waals surface area contributed by atoms with E-state index in [1.54, 1.807) is 6.07 Å². The van der Waals surface area contributed by atoms with Crippen LogP contribution in [0.1, 0.15) is 23.2 Å². The number of carbonyl (C=O) groups is 1. The number of amides is 1. The summed E-state index contributed by atoms with van der Waals surface area (Å²) in [5, 5.41) is 5.44. The fraction of sp³-hybridized carbons (Fsp3) is 0.208. The summed E-state index contributed by atoms with van der Waals surface area (Å²) in [6, 6.07) is 18.3. The van der Waals surface area contributed by atoms with Crippen molar-refractivity contribution in [2.45, 2.75) is 18.9 Å². The van der Waals surface area contributed by atoms with Crippen LogP contribution in [0.15, 0.2) is 71.5 Å². The summed E-state index contributed by atoms with van der Waals surface area (Å²) in [6.45, 7) is 1.43. The van der Waals surface area contributed by atoms with E-state index in [0.717, 1.165) is 40.7 Å². The summed E-state index contributed by atoms with van der Waals surface area (Å²) in [5.41, 5.74) is 4.87. The first kappa shape index (κ1) is 18.8. The number of aromatic amines is 1. The van der Waals surface area contributed by atoms with E-state index in [-0.39, 0.29) is 11.9 Å². The Balaban J connectivity index is 1.33. The summed E-state index contributed by atoms with van der Waals surface area (Å²) in [5.74, 6) is 0.0317. The molecule has 1 aliphatic rings. The maximum atomic E-state index is 12.5. The number of likely N-dealkylation sites (tertiary alicyclic amines) is 1. The van der Waals surface area contributed by atoms with Gasteiger partial charge in [-0.2, -0.15) is 0 Å². The number of anilines is 1. The Morgan fingerprint density at radius 3 is 2.63 bits per heavy atom. The molecule has 0 saturated carbocycles. The Labute approximate surface area is 179 Å². The van der Waals surface area contributed by atoms with Crippen LogP contribution in [0.2, 0.25) is 5.02 Å². The minimum absolute atomic E-state index is 0.0317. The number of halogens is 1. The van der Waals surface area contributed by atoms with Crippen LogP contribution in [0.25, 0.3) is 22.2 Å². The number of carbonyl (C=O) groups excluding carboxylic acids is 1. The standard InChI is InChI=1S/C24H22ClN3O2/c25-19-12-18-13-21(16-4-2-1-3-5-16)27-23(18)22(14-19)26-20-6-9-28(10-7-20)24(29)17-8-11-30-15-17/h1-5,8,11-15,20,26-27H,6-7,9-10H2. The first-order valence-electron chi connectivity index (χ1n) is 10.1. The van der Waals surface area contributed by atoms with E-state index < -0.39 is 0 Å². The van der Waals surface area contributed by atoms with Gasteiger partial charge in [-0.15, -0.1) is 0 Å². The lowest BCUT2D eigenvalue weighted by atomic mass is 10.0. The third kappa shape index (κ3) is 3.68. The predicted octanol–water partition coefficient (Wildman–Crippen LogP) is 5.80. The number of fused-ring (bicyclic) bond motifs is 1. The van der Waals surface area contributed by atoms with Crippen LogP contribution in [-0.4, -0.2) is 34.9 Å². The molecular formula is C24H22ClN3O2. The van der Waals surface area contributed by atoms with Gasteiger partial charge in [-0.1, -0.05) is 41.9 Å². The van der Waals surface area contributed by atoms with Crippen molar-refractivity contribution in [2.24, 2.45) is 0 Å². The molecule has 4 aromatic rings. The largest absolute Gasteiger partial charge is 0.472 e. The third-order valence-corrected chi connectivity index (χ3v) is 5.91. The Hall–Kier alpha value is -3.18. The first-order valence-corrected chi connectivity index (χ1v) is 10.5.